The molecule has 16 heteroatoms. The van der Waals surface area contributed by atoms with Crippen LogP contribution < -0.4 is 20.4 Å². The first-order valence-electron chi connectivity index (χ1n) is 19.1. The van der Waals surface area contributed by atoms with Crippen molar-refractivity contribution in [1.82, 2.24) is 40.0 Å². The Morgan fingerprint density at radius 1 is 0.927 bits per heavy atom. The van der Waals surface area contributed by atoms with E-state index >= 15 is 0 Å². The first kappa shape index (κ1) is 35.2. The first-order chi connectivity index (χ1) is 27.0. The highest BCUT2D eigenvalue weighted by Crippen LogP contribution is 2.37. The number of carbonyl (C=O) groups is 2. The Kier molecular flexibility index (Phi) is 9.81. The zero-order valence-electron chi connectivity index (χ0n) is 30.4. The topological polar surface area (TPSA) is 170 Å². The van der Waals surface area contributed by atoms with Crippen molar-refractivity contribution in [2.75, 3.05) is 74.1 Å². The molecule has 15 nitrogen and oxygen atoms in total. The number of imide groups is 1. The number of hydrogen-bond donors (Lipinski definition) is 2. The number of hydrogen-bond acceptors (Lipinski definition) is 14. The zero-order valence-corrected chi connectivity index (χ0v) is 31.2. The fourth-order valence-electron chi connectivity index (χ4n) is 8.09. The summed E-state index contributed by atoms with van der Waals surface area (Å²) in [4.78, 5) is 40.6. The monoisotopic (exact) mass is 758 g/mol. The molecular weight excluding hydrogens is 717 g/mol. The average molecular weight is 759 g/mol. The van der Waals surface area contributed by atoms with Crippen molar-refractivity contribution in [1.29, 1.82) is 5.26 Å². The lowest BCUT2D eigenvalue weighted by Gasteiger charge is -2.39. The number of nitrogens with one attached hydrogen (secondary N) is 2. The van der Waals surface area contributed by atoms with Crippen LogP contribution in [0.15, 0.2) is 55.0 Å². The largest absolute Gasteiger partial charge is 0.379 e. The first-order valence-corrected chi connectivity index (χ1v) is 19.9. The van der Waals surface area contributed by atoms with Gasteiger partial charge in [-0.1, -0.05) is 17.4 Å². The second-order valence-corrected chi connectivity index (χ2v) is 15.7. The number of nitrogens with zero attached hydrogens (tertiary/aromatic N) is 10. The fourth-order valence-corrected chi connectivity index (χ4v) is 9.01. The number of ether oxygens (including phenoxy) is 1. The summed E-state index contributed by atoms with van der Waals surface area (Å²) in [7, 11) is 0. The lowest BCUT2D eigenvalue weighted by Crippen LogP contribution is -2.49. The van der Waals surface area contributed by atoms with Crippen molar-refractivity contribution in [3.05, 3.63) is 66.1 Å². The smallest absolute Gasteiger partial charge is 0.234 e. The van der Waals surface area contributed by atoms with Crippen LogP contribution in [-0.4, -0.2) is 112 Å². The Morgan fingerprint density at radius 3 is 2.56 bits per heavy atom. The summed E-state index contributed by atoms with van der Waals surface area (Å²) < 4.78 is 7.48. The molecule has 4 fully saturated rings. The van der Waals surface area contributed by atoms with Gasteiger partial charge in [0.1, 0.15) is 11.9 Å². The molecule has 0 bridgehead atoms. The predicted molar refractivity (Wildman–Crippen MR) is 208 cm³/mol. The van der Waals surface area contributed by atoms with Gasteiger partial charge >= 0.3 is 0 Å². The van der Waals surface area contributed by atoms with Gasteiger partial charge in [-0.15, -0.1) is 10.2 Å². The molecule has 55 heavy (non-hydrogen) atoms. The number of carbonyl (C=O) groups excluding carboxylic acids is 2. The second-order valence-electron chi connectivity index (χ2n) is 14.8. The van der Waals surface area contributed by atoms with Crippen molar-refractivity contribution in [3.63, 3.8) is 0 Å². The summed E-state index contributed by atoms with van der Waals surface area (Å²) in [6.45, 7) is 8.17. The zero-order chi connectivity index (χ0) is 37.3. The van der Waals surface area contributed by atoms with E-state index in [1.165, 1.54) is 0 Å². The molecular formula is C39H42N12O3S. The Morgan fingerprint density at radius 2 is 1.80 bits per heavy atom. The van der Waals surface area contributed by atoms with E-state index in [4.69, 9.17) is 14.7 Å². The maximum absolute atomic E-state index is 12.3. The molecule has 4 aliphatic rings. The highest BCUT2D eigenvalue weighted by Gasteiger charge is 2.30. The molecule has 2 amide bonds. The number of rotatable bonds is 9. The maximum atomic E-state index is 12.3. The van der Waals surface area contributed by atoms with Gasteiger partial charge in [-0.25, -0.2) is 9.50 Å². The summed E-state index contributed by atoms with van der Waals surface area (Å²) in [6, 6.07) is 14.1. The summed E-state index contributed by atoms with van der Waals surface area (Å²) in [5.41, 5.74) is 5.67. The molecule has 0 aromatic carbocycles. The molecule has 282 valence electrons. The number of pyridine rings is 2. The molecule has 2 N–H and O–H groups in total. The molecule has 0 unspecified atom stereocenters. The molecule has 9 rings (SSSR count). The summed E-state index contributed by atoms with van der Waals surface area (Å²) in [6.07, 6.45) is 9.30. The third kappa shape index (κ3) is 7.47. The van der Waals surface area contributed by atoms with Gasteiger partial charge in [0, 0.05) is 76.9 Å². The van der Waals surface area contributed by atoms with Crippen molar-refractivity contribution >= 4 is 45.3 Å². The molecule has 0 spiro atoms. The average Bonchev–Trinajstić information content (AvgIpc) is 4.01. The molecule has 5 aromatic rings. The minimum Gasteiger partial charge on any atom is -0.379 e. The second kappa shape index (κ2) is 15.3. The summed E-state index contributed by atoms with van der Waals surface area (Å²) in [5, 5.41) is 31.0. The van der Waals surface area contributed by atoms with E-state index in [-0.39, 0.29) is 23.8 Å². The van der Waals surface area contributed by atoms with Crippen molar-refractivity contribution < 1.29 is 14.3 Å². The van der Waals surface area contributed by atoms with Crippen LogP contribution in [-0.2, 0) is 14.3 Å². The van der Waals surface area contributed by atoms with E-state index in [2.05, 4.69) is 52.8 Å². The summed E-state index contributed by atoms with van der Waals surface area (Å²) >= 11 is 1.60. The molecule has 0 saturated carbocycles. The molecule has 4 aliphatic heterocycles. The van der Waals surface area contributed by atoms with Gasteiger partial charge < -0.3 is 19.9 Å². The molecule has 4 saturated heterocycles. The van der Waals surface area contributed by atoms with Crippen LogP contribution in [0.5, 0.6) is 0 Å². The number of nitriles is 1. The van der Waals surface area contributed by atoms with Crippen molar-refractivity contribution in [2.24, 2.45) is 5.92 Å². The number of amides is 2. The predicted octanol–water partition coefficient (Wildman–Crippen LogP) is 3.94. The van der Waals surface area contributed by atoms with E-state index in [1.807, 2.05) is 41.0 Å². The SMILES string of the molecule is N#Cc1cnn2c(-c3cc(N[C@@H]4CCOC4)c(-c4nnc(N5CCN(CC6CCN(c7ccc([C@@H]8CCC(=O)NC8=O)cn7)CC6)CC5)s4)cn3)ccc2c1. The van der Waals surface area contributed by atoms with Gasteiger partial charge in [-0.3, -0.25) is 24.8 Å². The van der Waals surface area contributed by atoms with E-state index in [0.717, 1.165) is 121 Å². The van der Waals surface area contributed by atoms with Crippen LogP contribution in [0.1, 0.15) is 49.1 Å². The van der Waals surface area contributed by atoms with Crippen LogP contribution in [0.4, 0.5) is 16.6 Å². The lowest BCUT2D eigenvalue weighted by atomic mass is 9.91. The highest BCUT2D eigenvalue weighted by molar-refractivity contribution is 7.18. The van der Waals surface area contributed by atoms with E-state index in [9.17, 15) is 14.9 Å². The minimum atomic E-state index is -0.306. The molecule has 2 atom stereocenters. The highest BCUT2D eigenvalue weighted by atomic mass is 32.1. The van der Waals surface area contributed by atoms with Crippen molar-refractivity contribution in [3.8, 4) is 28.0 Å². The fraction of sp³-hybridized carbons (Fsp3) is 0.436. The number of aromatic nitrogens is 6. The number of fused-ring (bicyclic) bond motifs is 1. The van der Waals surface area contributed by atoms with Gasteiger partial charge in [0.15, 0.2) is 5.01 Å². The number of anilines is 3. The van der Waals surface area contributed by atoms with Crippen LogP contribution in [0.25, 0.3) is 27.5 Å². The Hall–Kier alpha value is -5.50. The Balaban J connectivity index is 0.805. The molecule has 0 radical (unpaired) electrons. The Bertz CT molecular complexity index is 2230. The normalized spacial score (nSPS) is 21.2. The van der Waals surface area contributed by atoms with Gasteiger partial charge in [0.05, 0.1) is 52.8 Å². The molecule has 0 aliphatic carbocycles. The van der Waals surface area contributed by atoms with Gasteiger partial charge in [-0.05, 0) is 67.5 Å². The quantitative estimate of drug-likeness (QED) is 0.208. The van der Waals surface area contributed by atoms with Crippen LogP contribution in [0.2, 0.25) is 0 Å². The van der Waals surface area contributed by atoms with Crippen LogP contribution >= 0.6 is 11.3 Å². The van der Waals surface area contributed by atoms with E-state index in [1.54, 1.807) is 23.7 Å². The third-order valence-corrected chi connectivity index (χ3v) is 12.3. The maximum Gasteiger partial charge on any atom is 0.234 e. The third-order valence-electron chi connectivity index (χ3n) is 11.2. The number of piperazine rings is 1. The van der Waals surface area contributed by atoms with Gasteiger partial charge in [0.2, 0.25) is 16.9 Å². The minimum absolute atomic E-state index is 0.192. The van der Waals surface area contributed by atoms with E-state index in [0.29, 0.717) is 30.9 Å². The Labute approximate surface area is 322 Å². The lowest BCUT2D eigenvalue weighted by molar-refractivity contribution is -0.134. The van der Waals surface area contributed by atoms with Crippen LogP contribution in [0, 0.1) is 17.2 Å². The molecule has 5 aromatic heterocycles. The van der Waals surface area contributed by atoms with E-state index < -0.39 is 0 Å². The van der Waals surface area contributed by atoms with Gasteiger partial charge in [0.25, 0.3) is 0 Å². The molecule has 9 heterocycles. The van der Waals surface area contributed by atoms with Crippen molar-refractivity contribution in [2.45, 2.75) is 44.1 Å². The number of piperidine rings is 2. The van der Waals surface area contributed by atoms with Gasteiger partial charge in [-0.2, -0.15) is 10.4 Å². The van der Waals surface area contributed by atoms with Crippen LogP contribution in [0.3, 0.4) is 0 Å². The standard InChI is InChI=1S/C39H42N12O3S/c40-19-26-17-29-2-4-34(51(29)43-20-26)33-18-32(44-28-9-16-54-24-28)31(22-41-33)38-46-47-39(55-38)50-14-12-48(13-15-50)23-25-7-10-49(11-8-25)35-5-1-27(21-42-35)30-3-6-36(52)45-37(30)53/h1-2,4-5,17-18,20-22,25,28,30H,3,6-16,23-24H2,(H,41,44)(H,45,52,53)/t28-,30+/m1/s1. The summed E-state index contributed by atoms with van der Waals surface area (Å²) in [5.74, 6) is 0.858.